The number of rotatable bonds is 6. The lowest BCUT2D eigenvalue weighted by Crippen LogP contribution is -2.45. The zero-order chi connectivity index (χ0) is 13.3. The number of halogens is 1. The summed E-state index contributed by atoms with van der Waals surface area (Å²) in [6, 6.07) is 5.81. The Hall–Kier alpha value is -1.09. The topological polar surface area (TPSA) is 21.3 Å². The molecule has 0 spiro atoms. The molecule has 2 saturated carbocycles. The van der Waals surface area contributed by atoms with Crippen LogP contribution in [0.15, 0.2) is 18.2 Å². The number of nitrogens with one attached hydrogen (secondary N) is 1. The van der Waals surface area contributed by atoms with Crippen LogP contribution in [0.2, 0.25) is 0 Å². The van der Waals surface area contributed by atoms with Gasteiger partial charge in [-0.25, -0.2) is 4.39 Å². The highest BCUT2D eigenvalue weighted by Gasteiger charge is 2.39. The first-order valence-corrected chi connectivity index (χ1v) is 7.35. The second kappa shape index (κ2) is 5.12. The van der Waals surface area contributed by atoms with Gasteiger partial charge in [-0.15, -0.1) is 0 Å². The Bertz CT molecular complexity index is 452. The molecule has 0 amide bonds. The molecule has 0 aliphatic heterocycles. The Morgan fingerprint density at radius 1 is 1.37 bits per heavy atom. The van der Waals surface area contributed by atoms with Crippen LogP contribution >= 0.6 is 0 Å². The van der Waals surface area contributed by atoms with Gasteiger partial charge in [-0.05, 0) is 75.8 Å². The van der Waals surface area contributed by atoms with E-state index in [1.54, 1.807) is 13.0 Å². The van der Waals surface area contributed by atoms with E-state index in [4.69, 9.17) is 4.74 Å². The minimum absolute atomic E-state index is 0.00778. The van der Waals surface area contributed by atoms with Gasteiger partial charge in [0.15, 0.2) is 0 Å². The molecule has 2 aliphatic carbocycles. The Kier molecular flexibility index (Phi) is 3.48. The van der Waals surface area contributed by atoms with Gasteiger partial charge >= 0.3 is 0 Å². The highest BCUT2D eigenvalue weighted by molar-refractivity contribution is 5.29. The summed E-state index contributed by atoms with van der Waals surface area (Å²) in [5.74, 6) is 0.649. The molecular formula is C16H22FNO. The van der Waals surface area contributed by atoms with Crippen LogP contribution in [0.4, 0.5) is 4.39 Å². The highest BCUT2D eigenvalue weighted by atomic mass is 19.1. The van der Waals surface area contributed by atoms with E-state index in [1.807, 2.05) is 6.07 Å². The van der Waals surface area contributed by atoms with Gasteiger partial charge in [0.25, 0.3) is 0 Å². The van der Waals surface area contributed by atoms with E-state index in [-0.39, 0.29) is 11.4 Å². The number of ether oxygens (including phenoxy) is 1. The SMILES string of the molecule is Cc1cc(OC2(CCNC3CC3)CCC2)ccc1F. The van der Waals surface area contributed by atoms with Crippen LogP contribution in [0.3, 0.4) is 0 Å². The maximum Gasteiger partial charge on any atom is 0.126 e. The van der Waals surface area contributed by atoms with Gasteiger partial charge in [0.2, 0.25) is 0 Å². The van der Waals surface area contributed by atoms with E-state index in [0.29, 0.717) is 5.56 Å². The molecule has 0 heterocycles. The summed E-state index contributed by atoms with van der Waals surface area (Å²) in [6.07, 6.45) is 7.19. The molecule has 0 atom stereocenters. The van der Waals surface area contributed by atoms with Crippen LogP contribution in [-0.4, -0.2) is 18.2 Å². The minimum Gasteiger partial charge on any atom is -0.487 e. The first kappa shape index (κ1) is 12.9. The van der Waals surface area contributed by atoms with E-state index < -0.39 is 0 Å². The van der Waals surface area contributed by atoms with Crippen LogP contribution in [0, 0.1) is 12.7 Å². The molecule has 0 saturated heterocycles. The molecule has 0 bridgehead atoms. The molecule has 1 aromatic carbocycles. The average Bonchev–Trinajstić information content (AvgIpc) is 3.14. The number of aryl methyl sites for hydroxylation is 1. The molecule has 1 aromatic rings. The standard InChI is InChI=1S/C16H22FNO/c1-12-11-14(5-6-15(12)17)19-16(7-2-8-16)9-10-18-13-3-4-13/h5-6,11,13,18H,2-4,7-10H2,1H3. The highest BCUT2D eigenvalue weighted by Crippen LogP contribution is 2.39. The van der Waals surface area contributed by atoms with Crippen LogP contribution in [0.1, 0.15) is 44.1 Å². The average molecular weight is 263 g/mol. The van der Waals surface area contributed by atoms with Crippen molar-refractivity contribution in [2.45, 2.75) is 57.1 Å². The summed E-state index contributed by atoms with van der Waals surface area (Å²) in [6.45, 7) is 2.81. The monoisotopic (exact) mass is 263 g/mol. The Morgan fingerprint density at radius 3 is 2.74 bits per heavy atom. The molecule has 2 fully saturated rings. The third-order valence-corrected chi connectivity index (χ3v) is 4.32. The van der Waals surface area contributed by atoms with Crippen molar-refractivity contribution in [3.63, 3.8) is 0 Å². The fourth-order valence-corrected chi connectivity index (χ4v) is 2.70. The Morgan fingerprint density at radius 2 is 2.16 bits per heavy atom. The smallest absolute Gasteiger partial charge is 0.126 e. The first-order chi connectivity index (χ1) is 9.17. The molecule has 0 aromatic heterocycles. The van der Waals surface area contributed by atoms with Crippen LogP contribution in [0.25, 0.3) is 0 Å². The molecule has 3 rings (SSSR count). The lowest BCUT2D eigenvalue weighted by molar-refractivity contribution is -0.0143. The fraction of sp³-hybridized carbons (Fsp3) is 0.625. The van der Waals surface area contributed by atoms with Crippen molar-refractivity contribution < 1.29 is 9.13 Å². The quantitative estimate of drug-likeness (QED) is 0.847. The van der Waals surface area contributed by atoms with Crippen molar-refractivity contribution in [3.8, 4) is 5.75 Å². The minimum atomic E-state index is -0.162. The lowest BCUT2D eigenvalue weighted by atomic mass is 9.77. The largest absolute Gasteiger partial charge is 0.487 e. The van der Waals surface area contributed by atoms with Crippen molar-refractivity contribution in [2.75, 3.05) is 6.54 Å². The predicted molar refractivity (Wildman–Crippen MR) is 74.0 cm³/mol. The fourth-order valence-electron chi connectivity index (χ4n) is 2.70. The van der Waals surface area contributed by atoms with Gasteiger partial charge in [0, 0.05) is 6.04 Å². The van der Waals surface area contributed by atoms with Crippen molar-refractivity contribution in [1.82, 2.24) is 5.32 Å². The lowest BCUT2D eigenvalue weighted by Gasteiger charge is -2.42. The molecule has 2 nitrogen and oxygen atoms in total. The second-order valence-corrected chi connectivity index (χ2v) is 6.03. The summed E-state index contributed by atoms with van der Waals surface area (Å²) < 4.78 is 19.4. The molecule has 1 N–H and O–H groups in total. The van der Waals surface area contributed by atoms with Gasteiger partial charge in [-0.1, -0.05) is 0 Å². The summed E-state index contributed by atoms with van der Waals surface area (Å²) >= 11 is 0. The van der Waals surface area contributed by atoms with Crippen LogP contribution in [-0.2, 0) is 0 Å². The van der Waals surface area contributed by atoms with Crippen molar-refractivity contribution in [3.05, 3.63) is 29.6 Å². The summed E-state index contributed by atoms with van der Waals surface area (Å²) in [5.41, 5.74) is 0.648. The molecule has 0 unspecified atom stereocenters. The van der Waals surface area contributed by atoms with Gasteiger partial charge < -0.3 is 10.1 Å². The van der Waals surface area contributed by atoms with E-state index >= 15 is 0 Å². The summed E-state index contributed by atoms with van der Waals surface area (Å²) in [5, 5.41) is 3.55. The Labute approximate surface area is 114 Å². The van der Waals surface area contributed by atoms with E-state index in [9.17, 15) is 4.39 Å². The maximum atomic E-state index is 13.3. The van der Waals surface area contributed by atoms with Gasteiger partial charge in [-0.2, -0.15) is 0 Å². The summed E-state index contributed by atoms with van der Waals surface area (Å²) in [4.78, 5) is 0. The molecule has 2 aliphatic rings. The molecule has 19 heavy (non-hydrogen) atoms. The third-order valence-electron chi connectivity index (χ3n) is 4.32. The zero-order valence-electron chi connectivity index (χ0n) is 11.5. The maximum absolute atomic E-state index is 13.3. The molecule has 104 valence electrons. The van der Waals surface area contributed by atoms with Gasteiger partial charge in [0.1, 0.15) is 17.2 Å². The number of hydrogen-bond acceptors (Lipinski definition) is 2. The van der Waals surface area contributed by atoms with Gasteiger partial charge in [-0.3, -0.25) is 0 Å². The van der Waals surface area contributed by atoms with E-state index in [0.717, 1.165) is 37.6 Å². The van der Waals surface area contributed by atoms with Crippen molar-refractivity contribution >= 4 is 0 Å². The second-order valence-electron chi connectivity index (χ2n) is 6.03. The third kappa shape index (κ3) is 3.08. The number of hydrogen-bond donors (Lipinski definition) is 1. The first-order valence-electron chi connectivity index (χ1n) is 7.35. The van der Waals surface area contributed by atoms with Crippen molar-refractivity contribution in [1.29, 1.82) is 0 Å². The summed E-state index contributed by atoms with van der Waals surface area (Å²) in [7, 11) is 0. The molecule has 0 radical (unpaired) electrons. The number of benzene rings is 1. The van der Waals surface area contributed by atoms with E-state index in [2.05, 4.69) is 5.32 Å². The van der Waals surface area contributed by atoms with Crippen LogP contribution in [0.5, 0.6) is 5.75 Å². The normalized spacial score (nSPS) is 20.9. The van der Waals surface area contributed by atoms with E-state index in [1.165, 1.54) is 25.3 Å². The Balaban J connectivity index is 1.59. The molecular weight excluding hydrogens is 241 g/mol. The van der Waals surface area contributed by atoms with Crippen LogP contribution < -0.4 is 10.1 Å². The zero-order valence-corrected chi connectivity index (χ0v) is 11.5. The molecule has 3 heteroatoms. The van der Waals surface area contributed by atoms with Crippen molar-refractivity contribution in [2.24, 2.45) is 0 Å². The predicted octanol–water partition coefficient (Wildman–Crippen LogP) is 3.58. The van der Waals surface area contributed by atoms with Gasteiger partial charge in [0.05, 0.1) is 0 Å².